The third-order valence-electron chi connectivity index (χ3n) is 2.86. The highest BCUT2D eigenvalue weighted by Crippen LogP contribution is 2.28. The Hall–Kier alpha value is -1.86. The summed E-state index contributed by atoms with van der Waals surface area (Å²) in [5.41, 5.74) is 1.06. The number of nitrogens with one attached hydrogen (secondary N) is 2. The van der Waals surface area contributed by atoms with E-state index < -0.39 is 10.0 Å². The summed E-state index contributed by atoms with van der Waals surface area (Å²) in [7, 11) is -1.94. The molecule has 2 heterocycles. The summed E-state index contributed by atoms with van der Waals surface area (Å²) in [5, 5.41) is 2.95. The van der Waals surface area contributed by atoms with Crippen LogP contribution in [-0.4, -0.2) is 20.4 Å². The van der Waals surface area contributed by atoms with Crippen LogP contribution in [0.3, 0.4) is 0 Å². The summed E-state index contributed by atoms with van der Waals surface area (Å²) in [5.74, 6) is 0.979. The molecule has 0 fully saturated rings. The quantitative estimate of drug-likeness (QED) is 0.879. The van der Waals surface area contributed by atoms with Crippen LogP contribution in [0.5, 0.6) is 0 Å². The molecule has 20 heavy (non-hydrogen) atoms. The van der Waals surface area contributed by atoms with Gasteiger partial charge in [0.15, 0.2) is 0 Å². The molecule has 0 aliphatic carbocycles. The van der Waals surface area contributed by atoms with Gasteiger partial charge in [-0.1, -0.05) is 0 Å². The van der Waals surface area contributed by atoms with E-state index in [1.807, 2.05) is 0 Å². The molecule has 0 spiro atoms. The van der Waals surface area contributed by atoms with Gasteiger partial charge in [-0.05, 0) is 33.0 Å². The molecule has 2 rings (SSSR count). The summed E-state index contributed by atoms with van der Waals surface area (Å²) in [6.07, 6.45) is 3.04. The van der Waals surface area contributed by atoms with Gasteiger partial charge in [-0.2, -0.15) is 0 Å². The number of hydrogen-bond acceptors (Lipinski definition) is 5. The summed E-state index contributed by atoms with van der Waals surface area (Å²) < 4.78 is 33.0. The fourth-order valence-corrected chi connectivity index (χ4v) is 3.57. The highest BCUT2D eigenvalue weighted by molar-refractivity contribution is 7.92. The Kier molecular flexibility index (Phi) is 4.10. The second-order valence-electron chi connectivity index (χ2n) is 4.40. The second-order valence-corrected chi connectivity index (χ2v) is 6.02. The maximum absolute atomic E-state index is 12.5. The molecule has 2 aromatic heterocycles. The molecular formula is C13H17N3O3S. The molecule has 0 bridgehead atoms. The average molecular weight is 295 g/mol. The maximum Gasteiger partial charge on any atom is 0.265 e. The Balaban J connectivity index is 2.44. The summed E-state index contributed by atoms with van der Waals surface area (Å²) in [6.45, 7) is 3.82. The van der Waals surface area contributed by atoms with Crippen molar-refractivity contribution in [3.8, 4) is 0 Å². The van der Waals surface area contributed by atoms with Crippen molar-refractivity contribution in [2.75, 3.05) is 11.8 Å². The Morgan fingerprint density at radius 3 is 2.65 bits per heavy atom. The summed E-state index contributed by atoms with van der Waals surface area (Å²) in [6, 6.07) is 3.31. The largest absolute Gasteiger partial charge is 0.465 e. The normalized spacial score (nSPS) is 11.6. The van der Waals surface area contributed by atoms with Crippen LogP contribution in [0.4, 0.5) is 5.69 Å². The lowest BCUT2D eigenvalue weighted by Crippen LogP contribution is -2.17. The predicted molar refractivity (Wildman–Crippen MR) is 76.0 cm³/mol. The number of furan rings is 1. The lowest BCUT2D eigenvalue weighted by molar-refractivity contribution is 0.494. The van der Waals surface area contributed by atoms with E-state index in [9.17, 15) is 8.42 Å². The van der Waals surface area contributed by atoms with Crippen LogP contribution in [0, 0.1) is 13.8 Å². The van der Waals surface area contributed by atoms with E-state index in [0.717, 1.165) is 0 Å². The molecule has 2 N–H and O–H groups in total. The first-order valence-electron chi connectivity index (χ1n) is 6.12. The van der Waals surface area contributed by atoms with Crippen molar-refractivity contribution >= 4 is 15.7 Å². The minimum atomic E-state index is -3.70. The zero-order chi connectivity index (χ0) is 14.8. The minimum Gasteiger partial charge on any atom is -0.465 e. The highest BCUT2D eigenvalue weighted by Gasteiger charge is 2.26. The minimum absolute atomic E-state index is 0.188. The molecule has 7 heteroatoms. The topological polar surface area (TPSA) is 84.2 Å². The van der Waals surface area contributed by atoms with Crippen molar-refractivity contribution in [1.82, 2.24) is 10.3 Å². The first-order valence-corrected chi connectivity index (χ1v) is 7.60. The van der Waals surface area contributed by atoms with E-state index in [1.54, 1.807) is 39.2 Å². The fourth-order valence-electron chi connectivity index (χ4n) is 2.07. The van der Waals surface area contributed by atoms with E-state index in [4.69, 9.17) is 4.42 Å². The second kappa shape index (κ2) is 5.64. The van der Waals surface area contributed by atoms with E-state index in [1.165, 1.54) is 6.20 Å². The standard InChI is InChI=1S/C13H17N3O3S/c1-9-12(8-14-3)13(10(2)19-9)20(17,18)16-11-5-4-6-15-7-11/h4-7,14,16H,8H2,1-3H3. The van der Waals surface area contributed by atoms with Crippen LogP contribution in [0.2, 0.25) is 0 Å². The number of sulfonamides is 1. The molecule has 108 valence electrons. The Bertz CT molecular complexity index is 693. The molecule has 0 atom stereocenters. The van der Waals surface area contributed by atoms with Crippen molar-refractivity contribution in [3.63, 3.8) is 0 Å². The van der Waals surface area contributed by atoms with Gasteiger partial charge in [0.05, 0.1) is 11.9 Å². The number of aryl methyl sites for hydroxylation is 2. The fraction of sp³-hybridized carbons (Fsp3) is 0.308. The number of anilines is 1. The van der Waals surface area contributed by atoms with Crippen LogP contribution in [0.1, 0.15) is 17.1 Å². The molecule has 6 nitrogen and oxygen atoms in total. The number of nitrogens with zero attached hydrogens (tertiary/aromatic N) is 1. The third kappa shape index (κ3) is 2.83. The number of rotatable bonds is 5. The molecule has 0 amide bonds. The van der Waals surface area contributed by atoms with E-state index in [0.29, 0.717) is 29.3 Å². The molecule has 0 saturated carbocycles. The van der Waals surface area contributed by atoms with Gasteiger partial charge in [-0.15, -0.1) is 0 Å². The monoisotopic (exact) mass is 295 g/mol. The maximum atomic E-state index is 12.5. The average Bonchev–Trinajstić information content (AvgIpc) is 2.66. The van der Waals surface area contributed by atoms with Crippen molar-refractivity contribution < 1.29 is 12.8 Å². The smallest absolute Gasteiger partial charge is 0.265 e. The zero-order valence-corrected chi connectivity index (χ0v) is 12.4. The molecule has 0 radical (unpaired) electrons. The molecule has 0 unspecified atom stereocenters. The molecule has 0 aromatic carbocycles. The van der Waals surface area contributed by atoms with Crippen LogP contribution >= 0.6 is 0 Å². The van der Waals surface area contributed by atoms with Crippen molar-refractivity contribution in [3.05, 3.63) is 41.6 Å². The summed E-state index contributed by atoms with van der Waals surface area (Å²) >= 11 is 0. The molecule has 0 aliphatic heterocycles. The Morgan fingerprint density at radius 1 is 1.30 bits per heavy atom. The van der Waals surface area contributed by atoms with Crippen LogP contribution in [0.25, 0.3) is 0 Å². The lowest BCUT2D eigenvalue weighted by atomic mass is 10.2. The van der Waals surface area contributed by atoms with Gasteiger partial charge >= 0.3 is 0 Å². The first kappa shape index (κ1) is 14.5. The van der Waals surface area contributed by atoms with Gasteiger partial charge < -0.3 is 9.73 Å². The van der Waals surface area contributed by atoms with E-state index in [2.05, 4.69) is 15.0 Å². The van der Waals surface area contributed by atoms with E-state index in [-0.39, 0.29) is 4.90 Å². The van der Waals surface area contributed by atoms with Crippen molar-refractivity contribution in [2.24, 2.45) is 0 Å². The van der Waals surface area contributed by atoms with Crippen LogP contribution in [-0.2, 0) is 16.6 Å². The molecule has 0 aliphatic rings. The Labute approximate surface area is 118 Å². The van der Waals surface area contributed by atoms with Crippen LogP contribution < -0.4 is 10.0 Å². The number of pyridine rings is 1. The first-order chi connectivity index (χ1) is 9.45. The van der Waals surface area contributed by atoms with Gasteiger partial charge in [0.2, 0.25) is 0 Å². The number of hydrogen-bond donors (Lipinski definition) is 2. The van der Waals surface area contributed by atoms with Gasteiger partial charge in [0, 0.05) is 18.3 Å². The lowest BCUT2D eigenvalue weighted by Gasteiger charge is -2.09. The van der Waals surface area contributed by atoms with Crippen molar-refractivity contribution in [1.29, 1.82) is 0 Å². The van der Waals surface area contributed by atoms with Gasteiger partial charge in [0.1, 0.15) is 16.4 Å². The molecule has 2 aromatic rings. The van der Waals surface area contributed by atoms with Crippen LogP contribution in [0.15, 0.2) is 33.8 Å². The van der Waals surface area contributed by atoms with Crippen molar-refractivity contribution in [2.45, 2.75) is 25.3 Å². The Morgan fingerprint density at radius 2 is 2.05 bits per heavy atom. The number of aromatic nitrogens is 1. The van der Waals surface area contributed by atoms with E-state index >= 15 is 0 Å². The third-order valence-corrected chi connectivity index (χ3v) is 4.44. The van der Waals surface area contributed by atoms with Gasteiger partial charge in [-0.3, -0.25) is 9.71 Å². The van der Waals surface area contributed by atoms with Gasteiger partial charge in [0.25, 0.3) is 10.0 Å². The summed E-state index contributed by atoms with van der Waals surface area (Å²) in [4.78, 5) is 4.07. The predicted octanol–water partition coefficient (Wildman–Crippen LogP) is 1.81. The molecular weight excluding hydrogens is 278 g/mol. The van der Waals surface area contributed by atoms with Gasteiger partial charge in [-0.25, -0.2) is 8.42 Å². The molecule has 0 saturated heterocycles. The zero-order valence-electron chi connectivity index (χ0n) is 11.6. The highest BCUT2D eigenvalue weighted by atomic mass is 32.2. The SMILES string of the molecule is CNCc1c(C)oc(C)c1S(=O)(=O)Nc1cccnc1.